The SMILES string of the molecule is COC(=Nc1ccc(Cc2ccc(N=C(OC)c3n(C)cc[n+]3C)cc2)cc1)c1n(C)cc[n+]1C. The van der Waals surface area contributed by atoms with Crippen molar-refractivity contribution >= 4 is 23.2 Å². The largest absolute Gasteiger partial charge is 0.475 e. The van der Waals surface area contributed by atoms with Crippen molar-refractivity contribution in [2.24, 2.45) is 38.2 Å². The van der Waals surface area contributed by atoms with Crippen LogP contribution in [0.15, 0.2) is 83.3 Å². The average molecular weight is 473 g/mol. The lowest BCUT2D eigenvalue weighted by molar-refractivity contribution is -0.672. The van der Waals surface area contributed by atoms with E-state index in [2.05, 4.69) is 24.3 Å². The molecule has 0 aliphatic heterocycles. The van der Waals surface area contributed by atoms with Crippen LogP contribution in [0.3, 0.4) is 0 Å². The van der Waals surface area contributed by atoms with E-state index < -0.39 is 0 Å². The summed E-state index contributed by atoms with van der Waals surface area (Å²) in [5.74, 6) is 2.94. The van der Waals surface area contributed by atoms with Crippen molar-refractivity contribution in [2.75, 3.05) is 14.2 Å². The van der Waals surface area contributed by atoms with Crippen molar-refractivity contribution < 1.29 is 18.6 Å². The Morgan fingerprint density at radius 1 is 0.686 bits per heavy atom. The molecule has 0 fully saturated rings. The van der Waals surface area contributed by atoms with Gasteiger partial charge in [-0.2, -0.15) is 0 Å². The van der Waals surface area contributed by atoms with E-state index in [0.717, 1.165) is 29.4 Å². The fourth-order valence-corrected chi connectivity index (χ4v) is 4.00. The number of methoxy groups -OCH3 is 2. The maximum atomic E-state index is 5.56. The van der Waals surface area contributed by atoms with Gasteiger partial charge < -0.3 is 9.47 Å². The molecule has 0 bridgehead atoms. The summed E-state index contributed by atoms with van der Waals surface area (Å²) in [5, 5.41) is 0. The number of hydrogen-bond acceptors (Lipinski definition) is 4. The van der Waals surface area contributed by atoms with Gasteiger partial charge in [-0.1, -0.05) is 24.3 Å². The Hall–Kier alpha value is -4.20. The minimum atomic E-state index is 0.572. The lowest BCUT2D eigenvalue weighted by atomic mass is 10.0. The molecule has 8 heteroatoms. The van der Waals surface area contributed by atoms with Crippen molar-refractivity contribution in [2.45, 2.75) is 6.42 Å². The van der Waals surface area contributed by atoms with Crippen molar-refractivity contribution in [3.8, 4) is 0 Å². The molecule has 0 radical (unpaired) electrons. The highest BCUT2D eigenvalue weighted by Crippen LogP contribution is 2.20. The zero-order valence-corrected chi connectivity index (χ0v) is 21.1. The van der Waals surface area contributed by atoms with Crippen LogP contribution in [0.25, 0.3) is 0 Å². The number of benzene rings is 2. The summed E-state index contributed by atoms with van der Waals surface area (Å²) >= 11 is 0. The summed E-state index contributed by atoms with van der Waals surface area (Å²) in [6, 6.07) is 16.5. The van der Waals surface area contributed by atoms with Gasteiger partial charge in [-0.05, 0) is 41.8 Å². The molecule has 0 amide bonds. The van der Waals surface area contributed by atoms with Gasteiger partial charge in [-0.3, -0.25) is 0 Å². The molecule has 180 valence electrons. The van der Waals surface area contributed by atoms with E-state index in [1.54, 1.807) is 14.2 Å². The van der Waals surface area contributed by atoms with Gasteiger partial charge in [0.05, 0.1) is 53.8 Å². The smallest absolute Gasteiger partial charge is 0.344 e. The highest BCUT2D eigenvalue weighted by Gasteiger charge is 2.21. The normalized spacial score (nSPS) is 12.2. The maximum Gasteiger partial charge on any atom is 0.344 e. The summed E-state index contributed by atoms with van der Waals surface area (Å²) in [6.45, 7) is 0. The minimum Gasteiger partial charge on any atom is -0.475 e. The Morgan fingerprint density at radius 3 is 1.34 bits per heavy atom. The number of aryl methyl sites for hydroxylation is 4. The Morgan fingerprint density at radius 2 is 1.06 bits per heavy atom. The Bertz CT molecular complexity index is 1220. The lowest BCUT2D eigenvalue weighted by Crippen LogP contribution is -2.35. The molecule has 0 unspecified atom stereocenters. The molecule has 0 N–H and O–H groups in total. The summed E-state index contributed by atoms with van der Waals surface area (Å²) in [7, 11) is 11.2. The van der Waals surface area contributed by atoms with Crippen LogP contribution in [-0.2, 0) is 44.1 Å². The van der Waals surface area contributed by atoms with E-state index in [9.17, 15) is 0 Å². The third kappa shape index (κ3) is 5.32. The first-order valence-electron chi connectivity index (χ1n) is 11.4. The maximum absolute atomic E-state index is 5.56. The zero-order chi connectivity index (χ0) is 24.9. The van der Waals surface area contributed by atoms with Crippen molar-refractivity contribution in [1.29, 1.82) is 0 Å². The fourth-order valence-electron chi connectivity index (χ4n) is 4.00. The second kappa shape index (κ2) is 10.4. The van der Waals surface area contributed by atoms with Crippen LogP contribution in [-0.4, -0.2) is 35.1 Å². The van der Waals surface area contributed by atoms with Gasteiger partial charge in [0.25, 0.3) is 0 Å². The van der Waals surface area contributed by atoms with E-state index in [1.165, 1.54) is 11.1 Å². The number of nitrogens with zero attached hydrogens (tertiary/aromatic N) is 6. The zero-order valence-electron chi connectivity index (χ0n) is 21.1. The van der Waals surface area contributed by atoms with Gasteiger partial charge in [0.15, 0.2) is 0 Å². The number of rotatable bonds is 6. The fraction of sp³-hybridized carbons (Fsp3) is 0.259. The second-order valence-corrected chi connectivity index (χ2v) is 8.44. The third-order valence-electron chi connectivity index (χ3n) is 5.88. The number of hydrogen-bond donors (Lipinski definition) is 0. The monoisotopic (exact) mass is 472 g/mol. The Kier molecular flexibility index (Phi) is 7.10. The number of ether oxygens (including phenoxy) is 2. The molecule has 4 rings (SSSR count). The van der Waals surface area contributed by atoms with Gasteiger partial charge in [0.2, 0.25) is 0 Å². The molecule has 2 aromatic carbocycles. The van der Waals surface area contributed by atoms with E-state index in [1.807, 2.05) is 95.5 Å². The molecule has 4 aromatic rings. The molecule has 0 aliphatic carbocycles. The van der Waals surface area contributed by atoms with Gasteiger partial charge in [-0.15, -0.1) is 0 Å². The average Bonchev–Trinajstić information content (AvgIpc) is 3.38. The van der Waals surface area contributed by atoms with Gasteiger partial charge in [0, 0.05) is 0 Å². The highest BCUT2D eigenvalue weighted by atomic mass is 16.5. The first-order chi connectivity index (χ1) is 16.9. The molecule has 0 saturated heterocycles. The van der Waals surface area contributed by atoms with Crippen molar-refractivity contribution in [3.05, 3.63) is 96.1 Å². The Balaban J connectivity index is 1.47. The second-order valence-electron chi connectivity index (χ2n) is 8.44. The van der Waals surface area contributed by atoms with Crippen LogP contribution in [0.5, 0.6) is 0 Å². The molecule has 35 heavy (non-hydrogen) atoms. The molecule has 0 spiro atoms. The molecule has 2 heterocycles. The van der Waals surface area contributed by atoms with Crippen LogP contribution in [0.4, 0.5) is 11.4 Å². The standard InChI is InChI=1S/C27H32N6O2/c1-30-15-16-31(2)26(30)24(34-5)28-22-11-7-20(8-12-22)19-21-9-13-23(14-10-21)29-25(35-6)27-32(3)17-18-33(27)4/h7-18H,19H2,1-6H3/q+2. The van der Waals surface area contributed by atoms with E-state index >= 15 is 0 Å². The molecular weight excluding hydrogens is 440 g/mol. The van der Waals surface area contributed by atoms with Crippen LogP contribution in [0.2, 0.25) is 0 Å². The van der Waals surface area contributed by atoms with Crippen LogP contribution < -0.4 is 9.13 Å². The van der Waals surface area contributed by atoms with Gasteiger partial charge in [0.1, 0.15) is 24.8 Å². The van der Waals surface area contributed by atoms with Crippen LogP contribution >= 0.6 is 0 Å². The highest BCUT2D eigenvalue weighted by molar-refractivity contribution is 5.91. The molecule has 0 atom stereocenters. The summed E-state index contributed by atoms with van der Waals surface area (Å²) in [5.41, 5.74) is 4.10. The molecular formula is C27H32N6O2+2. The first kappa shape index (κ1) is 23.9. The third-order valence-corrected chi connectivity index (χ3v) is 5.88. The van der Waals surface area contributed by atoms with Crippen molar-refractivity contribution in [1.82, 2.24) is 9.13 Å². The molecule has 8 nitrogen and oxygen atoms in total. The minimum absolute atomic E-state index is 0.572. The predicted octanol–water partition coefficient (Wildman–Crippen LogP) is 3.05. The van der Waals surface area contributed by atoms with E-state index in [0.29, 0.717) is 11.8 Å². The molecule has 0 saturated carbocycles. The summed E-state index contributed by atoms with van der Waals surface area (Å²) in [4.78, 5) is 9.39. The van der Waals surface area contributed by atoms with Crippen molar-refractivity contribution in [3.63, 3.8) is 0 Å². The number of imidazole rings is 2. The predicted molar refractivity (Wildman–Crippen MR) is 135 cm³/mol. The van der Waals surface area contributed by atoms with E-state index in [-0.39, 0.29) is 0 Å². The number of aliphatic imine (C=N–C) groups is 2. The van der Waals surface area contributed by atoms with Crippen LogP contribution in [0, 0.1) is 0 Å². The molecule has 2 aromatic heterocycles. The lowest BCUT2D eigenvalue weighted by Gasteiger charge is -2.06. The summed E-state index contributed by atoms with van der Waals surface area (Å²) in [6.07, 6.45) is 8.72. The van der Waals surface area contributed by atoms with Gasteiger partial charge in [-0.25, -0.2) is 28.3 Å². The number of aromatic nitrogens is 4. The molecule has 0 aliphatic rings. The van der Waals surface area contributed by atoms with E-state index in [4.69, 9.17) is 19.5 Å². The topological polar surface area (TPSA) is 60.8 Å². The quantitative estimate of drug-likeness (QED) is 0.246. The van der Waals surface area contributed by atoms with Gasteiger partial charge >= 0.3 is 23.4 Å². The Labute approximate surface area is 206 Å². The van der Waals surface area contributed by atoms with Crippen LogP contribution in [0.1, 0.15) is 22.8 Å². The summed E-state index contributed by atoms with van der Waals surface area (Å²) < 4.78 is 19.1. The first-order valence-corrected chi connectivity index (χ1v) is 11.4.